The minimum atomic E-state index is -1.40. The summed E-state index contributed by atoms with van der Waals surface area (Å²) in [7, 11) is 1.44. The van der Waals surface area contributed by atoms with E-state index in [4.69, 9.17) is 0 Å². The zero-order chi connectivity index (χ0) is 8.91. The summed E-state index contributed by atoms with van der Waals surface area (Å²) in [6.07, 6.45) is 0. The number of alkyl halides is 1. The van der Waals surface area contributed by atoms with E-state index in [0.717, 1.165) is 11.8 Å². The number of hydrogen-bond acceptors (Lipinski definition) is 3. The van der Waals surface area contributed by atoms with Crippen molar-refractivity contribution in [2.75, 3.05) is 19.5 Å². The quantitative estimate of drug-likeness (QED) is 0.658. The van der Waals surface area contributed by atoms with Crippen LogP contribution in [-0.4, -0.2) is 30.3 Å². The van der Waals surface area contributed by atoms with Crippen LogP contribution < -0.4 is 0 Å². The van der Waals surface area contributed by atoms with E-state index in [9.17, 15) is 9.18 Å². The summed E-state index contributed by atoms with van der Waals surface area (Å²) >= 11 is 0.984. The van der Waals surface area contributed by atoms with Gasteiger partial charge in [-0.15, -0.1) is 0 Å². The van der Waals surface area contributed by atoms with Crippen molar-refractivity contribution in [1.82, 2.24) is 0 Å². The van der Waals surface area contributed by atoms with E-state index in [1.165, 1.54) is 21.0 Å². The molecule has 11 heavy (non-hydrogen) atoms. The van der Waals surface area contributed by atoms with Gasteiger partial charge in [0.1, 0.15) is 5.67 Å². The molecule has 66 valence electrons. The monoisotopic (exact) mass is 180 g/mol. The molecule has 0 N–H and O–H groups in total. The summed E-state index contributed by atoms with van der Waals surface area (Å²) in [6.45, 7) is 2.88. The molecule has 0 aromatic heterocycles. The van der Waals surface area contributed by atoms with Gasteiger partial charge in [-0.2, -0.15) is 0 Å². The fourth-order valence-corrected chi connectivity index (χ4v) is 1.18. The van der Waals surface area contributed by atoms with Crippen molar-refractivity contribution in [3.63, 3.8) is 0 Å². The Bertz CT molecular complexity index is 136. The van der Waals surface area contributed by atoms with Crippen LogP contribution in [0, 0.1) is 0 Å². The molecule has 0 heterocycles. The van der Waals surface area contributed by atoms with Crippen LogP contribution in [0.5, 0.6) is 0 Å². The highest BCUT2D eigenvalue weighted by molar-refractivity contribution is 8.13. The molecule has 0 aromatic rings. The van der Waals surface area contributed by atoms with Gasteiger partial charge in [-0.05, 0) is 6.92 Å². The number of hydrogen-bond donors (Lipinski definition) is 0. The highest BCUT2D eigenvalue weighted by Gasteiger charge is 2.23. The smallest absolute Gasteiger partial charge is 0.185 e. The largest absolute Gasteiger partial charge is 0.381 e. The number of ether oxygens (including phenoxy) is 1. The minimum Gasteiger partial charge on any atom is -0.381 e. The van der Waals surface area contributed by atoms with Crippen molar-refractivity contribution in [2.24, 2.45) is 0 Å². The van der Waals surface area contributed by atoms with Crippen molar-refractivity contribution in [3.05, 3.63) is 0 Å². The van der Waals surface area contributed by atoms with Crippen molar-refractivity contribution in [2.45, 2.75) is 19.5 Å². The number of rotatable bonds is 4. The summed E-state index contributed by atoms with van der Waals surface area (Å²) in [5.74, 6) is 0.163. The summed E-state index contributed by atoms with van der Waals surface area (Å²) < 4.78 is 17.8. The van der Waals surface area contributed by atoms with Gasteiger partial charge < -0.3 is 4.74 Å². The first kappa shape index (κ1) is 10.9. The van der Waals surface area contributed by atoms with Crippen LogP contribution in [0.3, 0.4) is 0 Å². The molecular weight excluding hydrogens is 167 g/mol. The maximum atomic E-state index is 13.2. The lowest BCUT2D eigenvalue weighted by Gasteiger charge is -2.17. The number of halogens is 1. The first-order valence-electron chi connectivity index (χ1n) is 3.29. The first-order valence-corrected chi connectivity index (χ1v) is 4.28. The van der Waals surface area contributed by atoms with E-state index in [0.29, 0.717) is 0 Å². The Labute approximate surface area is 70.5 Å². The predicted molar refractivity (Wildman–Crippen MR) is 44.5 cm³/mol. The second kappa shape index (κ2) is 4.72. The normalized spacial score (nSPS) is 16.0. The number of carbonyl (C=O) groups excluding carboxylic acids is 1. The van der Waals surface area contributed by atoms with Gasteiger partial charge in [0, 0.05) is 19.8 Å². The Morgan fingerprint density at radius 2 is 2.27 bits per heavy atom. The Balaban J connectivity index is 3.63. The Hall–Kier alpha value is -0.0900. The van der Waals surface area contributed by atoms with Crippen molar-refractivity contribution in [1.29, 1.82) is 0 Å². The van der Waals surface area contributed by atoms with Crippen molar-refractivity contribution in [3.8, 4) is 0 Å². The van der Waals surface area contributed by atoms with Gasteiger partial charge in [-0.3, -0.25) is 4.79 Å². The van der Waals surface area contributed by atoms with Gasteiger partial charge >= 0.3 is 0 Å². The van der Waals surface area contributed by atoms with Gasteiger partial charge in [0.25, 0.3) is 0 Å². The summed E-state index contributed by atoms with van der Waals surface area (Å²) in [5.41, 5.74) is -1.40. The molecule has 2 nitrogen and oxygen atoms in total. The molecule has 0 saturated carbocycles. The maximum absolute atomic E-state index is 13.2. The van der Waals surface area contributed by atoms with E-state index in [-0.39, 0.29) is 17.5 Å². The lowest BCUT2D eigenvalue weighted by atomic mass is 10.2. The lowest BCUT2D eigenvalue weighted by molar-refractivity contribution is -0.109. The number of methoxy groups -OCH3 is 1. The minimum absolute atomic E-state index is 0.0350. The molecule has 0 aliphatic carbocycles. The fourth-order valence-electron chi connectivity index (χ4n) is 0.595. The highest BCUT2D eigenvalue weighted by Crippen LogP contribution is 2.17. The Kier molecular flexibility index (Phi) is 4.68. The molecule has 0 rings (SSSR count). The highest BCUT2D eigenvalue weighted by atomic mass is 32.2. The molecule has 0 bridgehead atoms. The molecule has 0 aliphatic heterocycles. The fraction of sp³-hybridized carbons (Fsp3) is 0.857. The van der Waals surface area contributed by atoms with Gasteiger partial charge in [-0.1, -0.05) is 11.8 Å². The van der Waals surface area contributed by atoms with E-state index >= 15 is 0 Å². The van der Waals surface area contributed by atoms with Crippen LogP contribution >= 0.6 is 11.8 Å². The molecule has 0 radical (unpaired) electrons. The van der Waals surface area contributed by atoms with Crippen molar-refractivity contribution < 1.29 is 13.9 Å². The molecule has 0 aliphatic rings. The van der Waals surface area contributed by atoms with Gasteiger partial charge in [0.15, 0.2) is 5.12 Å². The Morgan fingerprint density at radius 3 is 2.64 bits per heavy atom. The topological polar surface area (TPSA) is 26.3 Å². The summed E-state index contributed by atoms with van der Waals surface area (Å²) in [6, 6.07) is 0. The standard InChI is InChI=1S/C7H13FO2S/c1-6(9)11-5-7(2,8)4-10-3/h4-5H2,1-3H3. The van der Waals surface area contributed by atoms with Crippen molar-refractivity contribution >= 4 is 16.9 Å². The van der Waals surface area contributed by atoms with Gasteiger partial charge in [0.2, 0.25) is 0 Å². The van der Waals surface area contributed by atoms with E-state index in [1.54, 1.807) is 0 Å². The number of thioether (sulfide) groups is 1. The third kappa shape index (κ3) is 6.31. The molecule has 0 fully saturated rings. The van der Waals surface area contributed by atoms with Gasteiger partial charge in [-0.25, -0.2) is 4.39 Å². The second-order valence-corrected chi connectivity index (χ2v) is 3.78. The van der Waals surface area contributed by atoms with E-state index < -0.39 is 5.67 Å². The van der Waals surface area contributed by atoms with Crippen LogP contribution in [0.15, 0.2) is 0 Å². The van der Waals surface area contributed by atoms with Crippen LogP contribution in [-0.2, 0) is 9.53 Å². The third-order valence-electron chi connectivity index (χ3n) is 1.02. The van der Waals surface area contributed by atoms with Crippen LogP contribution in [0.1, 0.15) is 13.8 Å². The zero-order valence-electron chi connectivity index (χ0n) is 7.02. The first-order chi connectivity index (χ1) is 4.98. The maximum Gasteiger partial charge on any atom is 0.185 e. The molecule has 0 spiro atoms. The molecular formula is C7H13FO2S. The third-order valence-corrected chi connectivity index (χ3v) is 2.17. The van der Waals surface area contributed by atoms with Crippen LogP contribution in [0.25, 0.3) is 0 Å². The zero-order valence-corrected chi connectivity index (χ0v) is 7.83. The van der Waals surface area contributed by atoms with E-state index in [2.05, 4.69) is 4.74 Å². The average Bonchev–Trinajstić information content (AvgIpc) is 1.84. The van der Waals surface area contributed by atoms with E-state index in [1.807, 2.05) is 0 Å². The predicted octanol–water partition coefficient (Wildman–Crippen LogP) is 1.64. The summed E-state index contributed by atoms with van der Waals surface area (Å²) in [5, 5.41) is -0.0648. The Morgan fingerprint density at radius 1 is 1.73 bits per heavy atom. The molecule has 4 heteroatoms. The van der Waals surface area contributed by atoms with Crippen LogP contribution in [0.4, 0.5) is 4.39 Å². The average molecular weight is 180 g/mol. The number of carbonyl (C=O) groups is 1. The molecule has 1 unspecified atom stereocenters. The van der Waals surface area contributed by atoms with Gasteiger partial charge in [0.05, 0.1) is 6.61 Å². The SMILES string of the molecule is COCC(C)(F)CSC(C)=O. The van der Waals surface area contributed by atoms with Crippen LogP contribution in [0.2, 0.25) is 0 Å². The molecule has 0 saturated heterocycles. The molecule has 0 amide bonds. The second-order valence-electron chi connectivity index (χ2n) is 2.63. The summed E-state index contributed by atoms with van der Waals surface area (Å²) in [4.78, 5) is 10.5. The molecule has 1 atom stereocenters. The molecule has 0 aromatic carbocycles. The lowest BCUT2D eigenvalue weighted by Crippen LogP contribution is -2.28.